The lowest BCUT2D eigenvalue weighted by atomic mass is 9.93. The fraction of sp³-hybridized carbons (Fsp3) is 0.650. The molecule has 1 aliphatic rings. The van der Waals surface area contributed by atoms with E-state index in [1.807, 2.05) is 13.8 Å². The maximum atomic E-state index is 12.6. The lowest BCUT2D eigenvalue weighted by molar-refractivity contribution is -0.131. The summed E-state index contributed by atoms with van der Waals surface area (Å²) in [6, 6.07) is -0.0829. The van der Waals surface area contributed by atoms with Gasteiger partial charge in [-0.3, -0.25) is 19.2 Å². The molecule has 1 saturated heterocycles. The average molecular weight is 455 g/mol. The van der Waals surface area contributed by atoms with Gasteiger partial charge in [0.1, 0.15) is 17.4 Å². The van der Waals surface area contributed by atoms with Crippen molar-refractivity contribution in [3.8, 4) is 0 Å². The van der Waals surface area contributed by atoms with E-state index in [0.29, 0.717) is 24.5 Å². The number of aromatic nitrogens is 1. The number of carbonyl (C=O) groups is 4. The normalized spacial score (nSPS) is 19.4. The number of hydrogen-bond acceptors (Lipinski definition) is 8. The molecule has 2 rings (SSSR count). The van der Waals surface area contributed by atoms with Crippen molar-refractivity contribution in [2.75, 3.05) is 25.2 Å². The topological polar surface area (TPSA) is 143 Å². The summed E-state index contributed by atoms with van der Waals surface area (Å²) in [5.74, 6) is -0.747. The highest BCUT2D eigenvalue weighted by Crippen LogP contribution is 2.29. The molecule has 0 bridgehead atoms. The SMILES string of the molecule is CSC[C@H](NC(=O)c1cc(C)on1)C(=O)NCC(=O)N[C@@H](CC(C)C)C(=O)[C@@]1(C)CO1. The zero-order chi connectivity index (χ0) is 23.2. The number of nitrogens with one attached hydrogen (secondary N) is 3. The third-order valence-corrected chi connectivity index (χ3v) is 5.36. The van der Waals surface area contributed by atoms with Crippen molar-refractivity contribution in [1.82, 2.24) is 21.1 Å². The minimum Gasteiger partial charge on any atom is -0.361 e. The molecular formula is C20H30N4O6S. The van der Waals surface area contributed by atoms with Crippen molar-refractivity contribution in [2.45, 2.75) is 51.8 Å². The third kappa shape index (κ3) is 7.35. The van der Waals surface area contributed by atoms with E-state index in [2.05, 4.69) is 21.1 Å². The highest BCUT2D eigenvalue weighted by molar-refractivity contribution is 7.98. The van der Waals surface area contributed by atoms with Gasteiger partial charge in [0.2, 0.25) is 11.8 Å². The van der Waals surface area contributed by atoms with Gasteiger partial charge in [0, 0.05) is 11.8 Å². The maximum absolute atomic E-state index is 12.6. The number of amides is 3. The fourth-order valence-electron chi connectivity index (χ4n) is 2.91. The van der Waals surface area contributed by atoms with Gasteiger partial charge in [-0.15, -0.1) is 0 Å². The second kappa shape index (κ2) is 10.8. The van der Waals surface area contributed by atoms with Gasteiger partial charge >= 0.3 is 0 Å². The fourth-order valence-corrected chi connectivity index (χ4v) is 3.48. The number of epoxide rings is 1. The zero-order valence-electron chi connectivity index (χ0n) is 18.4. The maximum Gasteiger partial charge on any atom is 0.274 e. The van der Waals surface area contributed by atoms with E-state index in [1.54, 1.807) is 20.1 Å². The molecule has 0 radical (unpaired) electrons. The molecule has 0 aromatic carbocycles. The molecule has 3 atom stereocenters. The van der Waals surface area contributed by atoms with Crippen LogP contribution in [0.1, 0.15) is 43.4 Å². The number of rotatable bonds is 12. The summed E-state index contributed by atoms with van der Waals surface area (Å²) in [5, 5.41) is 11.4. The number of aryl methyl sites for hydroxylation is 1. The number of ketones is 1. The number of thioether (sulfide) groups is 1. The van der Waals surface area contributed by atoms with Gasteiger partial charge in [-0.05, 0) is 32.4 Å². The molecule has 3 N–H and O–H groups in total. The first-order valence-corrected chi connectivity index (χ1v) is 11.4. The van der Waals surface area contributed by atoms with Crippen molar-refractivity contribution < 1.29 is 28.4 Å². The molecule has 0 unspecified atom stereocenters. The van der Waals surface area contributed by atoms with Crippen LogP contribution in [0.3, 0.4) is 0 Å². The van der Waals surface area contributed by atoms with Gasteiger partial charge in [-0.25, -0.2) is 0 Å². The summed E-state index contributed by atoms with van der Waals surface area (Å²) in [7, 11) is 0. The van der Waals surface area contributed by atoms with Gasteiger partial charge in [0.15, 0.2) is 11.5 Å². The second-order valence-corrected chi connectivity index (χ2v) is 9.07. The van der Waals surface area contributed by atoms with Crippen molar-refractivity contribution >= 4 is 35.3 Å². The Balaban J connectivity index is 1.90. The van der Waals surface area contributed by atoms with Gasteiger partial charge in [0.05, 0.1) is 19.2 Å². The van der Waals surface area contributed by atoms with Gasteiger partial charge < -0.3 is 25.2 Å². The van der Waals surface area contributed by atoms with Crippen molar-refractivity contribution in [2.24, 2.45) is 5.92 Å². The Morgan fingerprint density at radius 2 is 1.90 bits per heavy atom. The molecule has 11 heteroatoms. The summed E-state index contributed by atoms with van der Waals surface area (Å²) >= 11 is 1.37. The minimum absolute atomic E-state index is 0.0694. The molecule has 31 heavy (non-hydrogen) atoms. The quantitative estimate of drug-likeness (QED) is 0.386. The van der Waals surface area contributed by atoms with Crippen LogP contribution in [0.5, 0.6) is 0 Å². The predicted octanol–water partition coefficient (Wildman–Crippen LogP) is 0.450. The molecule has 0 spiro atoms. The lowest BCUT2D eigenvalue weighted by Crippen LogP contribution is -2.52. The first-order valence-electron chi connectivity index (χ1n) is 10.0. The van der Waals surface area contributed by atoms with Crippen molar-refractivity contribution in [3.63, 3.8) is 0 Å². The molecule has 1 aromatic rings. The Morgan fingerprint density at radius 3 is 2.42 bits per heavy atom. The molecular weight excluding hydrogens is 424 g/mol. The van der Waals surface area contributed by atoms with E-state index in [4.69, 9.17) is 9.26 Å². The van der Waals surface area contributed by atoms with Crippen LogP contribution in [-0.2, 0) is 19.1 Å². The molecule has 3 amide bonds. The van der Waals surface area contributed by atoms with Crippen LogP contribution in [0.2, 0.25) is 0 Å². The van der Waals surface area contributed by atoms with Gasteiger partial charge in [0.25, 0.3) is 5.91 Å². The zero-order valence-corrected chi connectivity index (χ0v) is 19.3. The molecule has 2 heterocycles. The van der Waals surface area contributed by atoms with Crippen molar-refractivity contribution in [3.05, 3.63) is 17.5 Å². The standard InChI is InChI=1S/C20H30N4O6S/c1-11(2)6-13(17(26)20(4)10-29-20)22-16(25)8-21-18(27)15(9-31-5)23-19(28)14-7-12(3)30-24-14/h7,11,13,15H,6,8-10H2,1-5H3,(H,21,27)(H,22,25)(H,23,28)/t13-,15-,20+/m0/s1. The van der Waals surface area contributed by atoms with Gasteiger partial charge in [-0.2, -0.15) is 11.8 Å². The Bertz CT molecular complexity index is 820. The van der Waals surface area contributed by atoms with Crippen LogP contribution in [-0.4, -0.2) is 71.5 Å². The molecule has 172 valence electrons. The van der Waals surface area contributed by atoms with Crippen molar-refractivity contribution in [1.29, 1.82) is 0 Å². The highest BCUT2D eigenvalue weighted by Gasteiger charge is 2.50. The largest absolute Gasteiger partial charge is 0.361 e. The van der Waals surface area contributed by atoms with E-state index in [1.165, 1.54) is 17.8 Å². The molecule has 1 fully saturated rings. The Labute approximate surface area is 185 Å². The highest BCUT2D eigenvalue weighted by atomic mass is 32.2. The molecule has 1 aromatic heterocycles. The number of nitrogens with zero attached hydrogens (tertiary/aromatic N) is 1. The second-order valence-electron chi connectivity index (χ2n) is 8.16. The van der Waals surface area contributed by atoms with Crippen LogP contribution in [0.4, 0.5) is 0 Å². The number of hydrogen-bond donors (Lipinski definition) is 3. The van der Waals surface area contributed by atoms with E-state index in [-0.39, 0.29) is 23.9 Å². The van der Waals surface area contributed by atoms with Crippen LogP contribution >= 0.6 is 11.8 Å². The minimum atomic E-state index is -0.862. The van der Waals surface area contributed by atoms with Crippen LogP contribution in [0.25, 0.3) is 0 Å². The average Bonchev–Trinajstić information content (AvgIpc) is 3.30. The first kappa shape index (κ1) is 24.9. The third-order valence-electron chi connectivity index (χ3n) is 4.70. The van der Waals surface area contributed by atoms with E-state index >= 15 is 0 Å². The molecule has 1 aliphatic heterocycles. The Kier molecular flexibility index (Phi) is 8.63. The van der Waals surface area contributed by atoms with E-state index < -0.39 is 35.4 Å². The summed E-state index contributed by atoms with van der Waals surface area (Å²) in [6.45, 7) is 7.28. The predicted molar refractivity (Wildman–Crippen MR) is 115 cm³/mol. The van der Waals surface area contributed by atoms with Crippen LogP contribution in [0.15, 0.2) is 10.6 Å². The summed E-state index contributed by atoms with van der Waals surface area (Å²) in [4.78, 5) is 49.8. The Morgan fingerprint density at radius 1 is 1.23 bits per heavy atom. The van der Waals surface area contributed by atoms with Crippen LogP contribution < -0.4 is 16.0 Å². The summed E-state index contributed by atoms with van der Waals surface area (Å²) < 4.78 is 10.1. The molecule has 0 aliphatic carbocycles. The molecule has 0 saturated carbocycles. The Hall–Kier alpha value is -2.40. The van der Waals surface area contributed by atoms with Crippen LogP contribution in [0, 0.1) is 12.8 Å². The monoisotopic (exact) mass is 454 g/mol. The lowest BCUT2D eigenvalue weighted by Gasteiger charge is -2.22. The summed E-state index contributed by atoms with van der Waals surface area (Å²) in [5.41, 5.74) is -0.775. The number of Topliss-reactive ketones (excluding diaryl/α,β-unsaturated/α-hetero) is 1. The number of carbonyl (C=O) groups excluding carboxylic acids is 4. The van der Waals surface area contributed by atoms with Gasteiger partial charge in [-0.1, -0.05) is 19.0 Å². The number of ether oxygens (including phenoxy) is 1. The summed E-state index contributed by atoms with van der Waals surface area (Å²) in [6.07, 6.45) is 2.27. The smallest absolute Gasteiger partial charge is 0.274 e. The van der Waals surface area contributed by atoms with E-state index in [9.17, 15) is 19.2 Å². The first-order chi connectivity index (χ1) is 14.6. The molecule has 10 nitrogen and oxygen atoms in total. The van der Waals surface area contributed by atoms with E-state index in [0.717, 1.165) is 0 Å².